The lowest BCUT2D eigenvalue weighted by Crippen LogP contribution is -2.47. The molecule has 1 aliphatic heterocycles. The van der Waals surface area contributed by atoms with Crippen LogP contribution in [0.25, 0.3) is 10.9 Å². The van der Waals surface area contributed by atoms with Gasteiger partial charge in [-0.15, -0.1) is 0 Å². The molecule has 1 fully saturated rings. The second-order valence-corrected chi connectivity index (χ2v) is 5.93. The Morgan fingerprint density at radius 2 is 2.08 bits per heavy atom. The average molecular weight is 338 g/mol. The van der Waals surface area contributed by atoms with Crippen LogP contribution in [-0.2, 0) is 14.3 Å². The summed E-state index contributed by atoms with van der Waals surface area (Å²) in [4.78, 5) is 16.8. The Balaban J connectivity index is 1.46. The molecular formula is C19H18N2O4. The van der Waals surface area contributed by atoms with E-state index in [0.29, 0.717) is 5.69 Å². The number of anilines is 1. The van der Waals surface area contributed by atoms with Gasteiger partial charge in [0.1, 0.15) is 18.0 Å². The van der Waals surface area contributed by atoms with Crippen molar-refractivity contribution >= 4 is 22.5 Å². The molecule has 1 amide bonds. The number of nitrogens with one attached hydrogen (secondary N) is 1. The summed E-state index contributed by atoms with van der Waals surface area (Å²) in [7, 11) is 1.61. The van der Waals surface area contributed by atoms with Crippen molar-refractivity contribution in [2.24, 2.45) is 0 Å². The lowest BCUT2D eigenvalue weighted by molar-refractivity contribution is -0.164. The van der Waals surface area contributed by atoms with Crippen LogP contribution in [-0.4, -0.2) is 42.9 Å². The van der Waals surface area contributed by atoms with Crippen LogP contribution in [0.15, 0.2) is 54.8 Å². The number of allylic oxidation sites excluding steroid dienone is 2. The van der Waals surface area contributed by atoms with Crippen LogP contribution in [0.1, 0.15) is 0 Å². The summed E-state index contributed by atoms with van der Waals surface area (Å²) in [6.45, 7) is 0.226. The van der Waals surface area contributed by atoms with E-state index in [1.165, 1.54) is 0 Å². The zero-order valence-corrected chi connectivity index (χ0v) is 13.7. The average Bonchev–Trinajstić information content (AvgIpc) is 2.67. The van der Waals surface area contributed by atoms with Crippen LogP contribution in [0.3, 0.4) is 0 Å². The van der Waals surface area contributed by atoms with Gasteiger partial charge >= 0.3 is 0 Å². The Morgan fingerprint density at radius 3 is 2.92 bits per heavy atom. The van der Waals surface area contributed by atoms with Crippen LogP contribution < -0.4 is 10.1 Å². The number of pyridine rings is 1. The Kier molecular flexibility index (Phi) is 4.21. The smallest absolute Gasteiger partial charge is 0.255 e. The third-order valence-electron chi connectivity index (χ3n) is 4.25. The lowest BCUT2D eigenvalue weighted by atomic mass is 10.1. The highest BCUT2D eigenvalue weighted by Gasteiger charge is 2.33. The molecule has 1 N–H and O–H groups in total. The summed E-state index contributed by atoms with van der Waals surface area (Å²) in [6.07, 6.45) is 8.27. The topological polar surface area (TPSA) is 69.7 Å². The lowest BCUT2D eigenvalue weighted by Gasteiger charge is -2.34. The number of amides is 1. The van der Waals surface area contributed by atoms with Gasteiger partial charge in [-0.05, 0) is 18.2 Å². The minimum absolute atomic E-state index is 0.119. The second kappa shape index (κ2) is 6.66. The zero-order valence-electron chi connectivity index (χ0n) is 13.7. The molecule has 1 aromatic carbocycles. The number of methoxy groups -OCH3 is 1. The normalized spacial score (nSPS) is 24.8. The second-order valence-electron chi connectivity index (χ2n) is 5.93. The molecule has 6 heteroatoms. The predicted molar refractivity (Wildman–Crippen MR) is 93.6 cm³/mol. The number of benzene rings is 1. The summed E-state index contributed by atoms with van der Waals surface area (Å²) in [6, 6.07) is 7.48. The summed E-state index contributed by atoms with van der Waals surface area (Å²) in [5, 5.41) is 3.76. The molecule has 3 atom stereocenters. The van der Waals surface area contributed by atoms with Gasteiger partial charge in [0.2, 0.25) is 0 Å². The van der Waals surface area contributed by atoms with Crippen molar-refractivity contribution in [1.82, 2.24) is 4.98 Å². The maximum absolute atomic E-state index is 12.5. The molecule has 0 radical (unpaired) electrons. The first-order valence-corrected chi connectivity index (χ1v) is 8.10. The number of ether oxygens (including phenoxy) is 3. The van der Waals surface area contributed by atoms with Gasteiger partial charge in [-0.2, -0.15) is 0 Å². The fourth-order valence-electron chi connectivity index (χ4n) is 2.92. The molecule has 25 heavy (non-hydrogen) atoms. The molecule has 2 heterocycles. The van der Waals surface area contributed by atoms with Crippen molar-refractivity contribution < 1.29 is 19.0 Å². The first-order chi connectivity index (χ1) is 12.2. The van der Waals surface area contributed by atoms with Gasteiger partial charge in [0.25, 0.3) is 5.91 Å². The van der Waals surface area contributed by atoms with Crippen LogP contribution in [0.5, 0.6) is 5.75 Å². The van der Waals surface area contributed by atoms with E-state index in [1.54, 1.807) is 13.3 Å². The van der Waals surface area contributed by atoms with Gasteiger partial charge < -0.3 is 19.5 Å². The highest BCUT2D eigenvalue weighted by molar-refractivity contribution is 5.96. The molecule has 6 nitrogen and oxygen atoms in total. The number of rotatable bonds is 3. The standard InChI is InChI=1S/C19H18N2O4/c1-23-14-7-6-12-8-13(10-20-15(12)9-14)21-19(22)18-11-24-16-4-2-3-5-17(16)25-18/h2-10,16-18H,11H2,1H3,(H,21,22). The highest BCUT2D eigenvalue weighted by Crippen LogP contribution is 2.23. The maximum atomic E-state index is 12.5. The van der Waals surface area contributed by atoms with E-state index in [0.717, 1.165) is 16.7 Å². The van der Waals surface area contributed by atoms with Crippen molar-refractivity contribution in [3.8, 4) is 5.75 Å². The molecule has 0 bridgehead atoms. The Morgan fingerprint density at radius 1 is 1.24 bits per heavy atom. The summed E-state index contributed by atoms with van der Waals surface area (Å²) in [5.41, 5.74) is 1.42. The summed E-state index contributed by atoms with van der Waals surface area (Å²) < 4.78 is 16.7. The van der Waals surface area contributed by atoms with E-state index in [9.17, 15) is 4.79 Å². The van der Waals surface area contributed by atoms with Gasteiger partial charge in [0.15, 0.2) is 6.10 Å². The Bertz CT molecular complexity index is 862. The fraction of sp³-hybridized carbons (Fsp3) is 0.263. The number of aromatic nitrogens is 1. The summed E-state index contributed by atoms with van der Waals surface area (Å²) >= 11 is 0. The highest BCUT2D eigenvalue weighted by atomic mass is 16.6. The van der Waals surface area contributed by atoms with Crippen LogP contribution in [0, 0.1) is 0 Å². The molecule has 0 spiro atoms. The number of carbonyl (C=O) groups excluding carboxylic acids is 1. The molecular weight excluding hydrogens is 320 g/mol. The molecule has 4 rings (SSSR count). The van der Waals surface area contributed by atoms with Crippen molar-refractivity contribution in [2.45, 2.75) is 18.3 Å². The molecule has 1 saturated heterocycles. The Hall–Kier alpha value is -2.70. The van der Waals surface area contributed by atoms with E-state index in [2.05, 4.69) is 10.3 Å². The predicted octanol–water partition coefficient (Wildman–Crippen LogP) is 2.46. The van der Waals surface area contributed by atoms with Gasteiger partial charge in [0.05, 0.1) is 31.1 Å². The van der Waals surface area contributed by atoms with Crippen molar-refractivity contribution in [3.05, 3.63) is 54.8 Å². The Labute approximate surface area is 145 Å². The maximum Gasteiger partial charge on any atom is 0.255 e. The SMILES string of the molecule is COc1ccc2cc(NC(=O)C3COC4C=CC=CC4O3)cnc2c1. The summed E-state index contributed by atoms with van der Waals surface area (Å²) in [5.74, 6) is 0.504. The van der Waals surface area contributed by atoms with Crippen LogP contribution >= 0.6 is 0 Å². The van der Waals surface area contributed by atoms with Crippen molar-refractivity contribution in [1.29, 1.82) is 0 Å². The van der Waals surface area contributed by atoms with Gasteiger partial charge in [-0.3, -0.25) is 9.78 Å². The molecule has 3 unspecified atom stereocenters. The van der Waals surface area contributed by atoms with E-state index >= 15 is 0 Å². The minimum Gasteiger partial charge on any atom is -0.497 e. The quantitative estimate of drug-likeness (QED) is 0.931. The van der Waals surface area contributed by atoms with E-state index in [1.807, 2.05) is 48.6 Å². The number of hydrogen-bond acceptors (Lipinski definition) is 5. The molecule has 1 aromatic heterocycles. The van der Waals surface area contributed by atoms with E-state index < -0.39 is 6.10 Å². The van der Waals surface area contributed by atoms with Crippen LogP contribution in [0.4, 0.5) is 5.69 Å². The van der Waals surface area contributed by atoms with E-state index in [-0.39, 0.29) is 24.7 Å². The number of fused-ring (bicyclic) bond motifs is 2. The van der Waals surface area contributed by atoms with E-state index in [4.69, 9.17) is 14.2 Å². The molecule has 2 aromatic rings. The first-order valence-electron chi connectivity index (χ1n) is 8.10. The van der Waals surface area contributed by atoms with Crippen molar-refractivity contribution in [3.63, 3.8) is 0 Å². The largest absolute Gasteiger partial charge is 0.497 e. The van der Waals surface area contributed by atoms with Gasteiger partial charge in [0, 0.05) is 11.5 Å². The molecule has 128 valence electrons. The zero-order chi connectivity index (χ0) is 17.2. The minimum atomic E-state index is -0.649. The number of carbonyl (C=O) groups is 1. The molecule has 2 aliphatic rings. The molecule has 0 saturated carbocycles. The van der Waals surface area contributed by atoms with Crippen LogP contribution in [0.2, 0.25) is 0 Å². The monoisotopic (exact) mass is 338 g/mol. The third-order valence-corrected chi connectivity index (χ3v) is 4.25. The number of hydrogen-bond donors (Lipinski definition) is 1. The number of nitrogens with zero attached hydrogens (tertiary/aromatic N) is 1. The van der Waals surface area contributed by atoms with Crippen molar-refractivity contribution in [2.75, 3.05) is 19.0 Å². The fourth-order valence-corrected chi connectivity index (χ4v) is 2.92. The van der Waals surface area contributed by atoms with Gasteiger partial charge in [-0.25, -0.2) is 0 Å². The first kappa shape index (κ1) is 15.8. The molecule has 1 aliphatic carbocycles. The van der Waals surface area contributed by atoms with Gasteiger partial charge in [-0.1, -0.05) is 24.3 Å². The third kappa shape index (κ3) is 3.26.